The summed E-state index contributed by atoms with van der Waals surface area (Å²) in [7, 11) is 0. The van der Waals surface area contributed by atoms with Crippen LogP contribution in [0.25, 0.3) is 0 Å². The molecule has 0 saturated carbocycles. The largest absolute Gasteiger partial charge is 0.347 e. The normalized spacial score (nSPS) is 13.2. The third-order valence-corrected chi connectivity index (χ3v) is 3.20. The summed E-state index contributed by atoms with van der Waals surface area (Å²) in [6.45, 7) is 11.1. The third kappa shape index (κ3) is 5.84. The Balaban J connectivity index is 2.06. The number of aromatic amines is 1. The van der Waals surface area contributed by atoms with Gasteiger partial charge >= 0.3 is 0 Å². The van der Waals surface area contributed by atoms with Crippen LogP contribution in [0.2, 0.25) is 0 Å². The molecule has 1 heterocycles. The lowest BCUT2D eigenvalue weighted by atomic mass is 10.1. The van der Waals surface area contributed by atoms with Gasteiger partial charge in [-0.15, -0.1) is 0 Å². The molecule has 4 heteroatoms. The van der Waals surface area contributed by atoms with E-state index in [9.17, 15) is 0 Å². The molecule has 98 valence electrons. The van der Waals surface area contributed by atoms with Crippen molar-refractivity contribution in [1.29, 1.82) is 0 Å². The highest BCUT2D eigenvalue weighted by molar-refractivity contribution is 4.93. The topological polar surface area (TPSA) is 44.0 Å². The maximum atomic E-state index is 4.01. The molecule has 0 aromatic carbocycles. The van der Waals surface area contributed by atoms with E-state index in [2.05, 4.69) is 41.0 Å². The van der Waals surface area contributed by atoms with Crippen LogP contribution in [0.5, 0.6) is 0 Å². The highest BCUT2D eigenvalue weighted by Crippen LogP contribution is 2.01. The average Bonchev–Trinajstić information content (AvgIpc) is 2.85. The Labute approximate surface area is 105 Å². The Morgan fingerprint density at radius 1 is 1.41 bits per heavy atom. The van der Waals surface area contributed by atoms with Gasteiger partial charge in [0.1, 0.15) is 0 Å². The first kappa shape index (κ1) is 14.2. The third-order valence-electron chi connectivity index (χ3n) is 3.20. The molecule has 0 saturated heterocycles. The fourth-order valence-corrected chi connectivity index (χ4v) is 1.93. The van der Waals surface area contributed by atoms with Crippen molar-refractivity contribution in [2.45, 2.75) is 46.2 Å². The van der Waals surface area contributed by atoms with E-state index in [-0.39, 0.29) is 0 Å². The van der Waals surface area contributed by atoms with Crippen LogP contribution in [0.15, 0.2) is 12.5 Å². The maximum Gasteiger partial charge on any atom is 0.0922 e. The van der Waals surface area contributed by atoms with Gasteiger partial charge in [0.05, 0.1) is 6.33 Å². The lowest BCUT2D eigenvalue weighted by Gasteiger charge is -2.19. The van der Waals surface area contributed by atoms with Gasteiger partial charge in [-0.25, -0.2) is 4.98 Å². The van der Waals surface area contributed by atoms with Gasteiger partial charge < -0.3 is 15.2 Å². The molecule has 1 atom stereocenters. The van der Waals surface area contributed by atoms with Crippen LogP contribution in [-0.4, -0.2) is 40.5 Å². The molecular formula is C13H26N4. The zero-order chi connectivity index (χ0) is 12.5. The van der Waals surface area contributed by atoms with Crippen LogP contribution in [0.4, 0.5) is 0 Å². The molecule has 1 unspecified atom stereocenters. The molecule has 1 aromatic rings. The molecular weight excluding hydrogens is 212 g/mol. The van der Waals surface area contributed by atoms with Gasteiger partial charge in [-0.2, -0.15) is 0 Å². The molecule has 0 amide bonds. The summed E-state index contributed by atoms with van der Waals surface area (Å²) in [5, 5.41) is 3.51. The molecule has 0 spiro atoms. The van der Waals surface area contributed by atoms with Crippen LogP contribution >= 0.6 is 0 Å². The van der Waals surface area contributed by atoms with Crippen LogP contribution in [0.3, 0.4) is 0 Å². The van der Waals surface area contributed by atoms with Gasteiger partial charge in [-0.3, -0.25) is 0 Å². The summed E-state index contributed by atoms with van der Waals surface area (Å²) < 4.78 is 0. The fraction of sp³-hybridized carbons (Fsp3) is 0.769. The number of hydrogen-bond acceptors (Lipinski definition) is 3. The number of H-pyrrole nitrogens is 1. The van der Waals surface area contributed by atoms with Crippen molar-refractivity contribution < 1.29 is 0 Å². The number of rotatable bonds is 9. The van der Waals surface area contributed by atoms with Crippen molar-refractivity contribution in [3.05, 3.63) is 18.2 Å². The first-order valence-electron chi connectivity index (χ1n) is 6.69. The average molecular weight is 238 g/mol. The lowest BCUT2D eigenvalue weighted by Crippen LogP contribution is -2.28. The Morgan fingerprint density at radius 2 is 2.18 bits per heavy atom. The summed E-state index contributed by atoms with van der Waals surface area (Å²) in [4.78, 5) is 9.58. The second-order valence-electron chi connectivity index (χ2n) is 4.53. The van der Waals surface area contributed by atoms with Crippen LogP contribution in [0, 0.1) is 0 Å². The first-order chi connectivity index (χ1) is 8.26. The summed E-state index contributed by atoms with van der Waals surface area (Å²) >= 11 is 0. The summed E-state index contributed by atoms with van der Waals surface area (Å²) in [5.41, 5.74) is 1.15. The van der Waals surface area contributed by atoms with E-state index in [0.717, 1.165) is 25.3 Å². The van der Waals surface area contributed by atoms with E-state index in [1.807, 2.05) is 6.20 Å². The summed E-state index contributed by atoms with van der Waals surface area (Å²) in [5.74, 6) is 0. The highest BCUT2D eigenvalue weighted by atomic mass is 15.1. The van der Waals surface area contributed by atoms with E-state index in [1.54, 1.807) is 6.33 Å². The second-order valence-corrected chi connectivity index (χ2v) is 4.53. The molecule has 0 aliphatic rings. The molecule has 0 fully saturated rings. The molecule has 17 heavy (non-hydrogen) atoms. The summed E-state index contributed by atoms with van der Waals surface area (Å²) in [6, 6.07) is 0.564. The first-order valence-corrected chi connectivity index (χ1v) is 6.69. The van der Waals surface area contributed by atoms with Gasteiger partial charge in [0, 0.05) is 24.5 Å². The predicted octanol–water partition coefficient (Wildman–Crippen LogP) is 2.01. The minimum Gasteiger partial charge on any atom is -0.347 e. The van der Waals surface area contributed by atoms with Gasteiger partial charge in [-0.05, 0) is 39.4 Å². The SMILES string of the molecule is CCN(CC)CCCC(C)NCc1cnc[nH]1. The minimum absolute atomic E-state index is 0.564. The Hall–Kier alpha value is -0.870. The molecule has 0 aliphatic carbocycles. The highest BCUT2D eigenvalue weighted by Gasteiger charge is 2.04. The van der Waals surface area contributed by atoms with Crippen molar-refractivity contribution in [3.63, 3.8) is 0 Å². The van der Waals surface area contributed by atoms with E-state index in [1.165, 1.54) is 19.4 Å². The number of imidazole rings is 1. The van der Waals surface area contributed by atoms with E-state index in [0.29, 0.717) is 6.04 Å². The van der Waals surface area contributed by atoms with E-state index >= 15 is 0 Å². The Bertz CT molecular complexity index is 267. The Morgan fingerprint density at radius 3 is 2.76 bits per heavy atom. The lowest BCUT2D eigenvalue weighted by molar-refractivity contribution is 0.290. The van der Waals surface area contributed by atoms with Crippen molar-refractivity contribution in [3.8, 4) is 0 Å². The molecule has 1 rings (SSSR count). The monoisotopic (exact) mass is 238 g/mol. The van der Waals surface area contributed by atoms with E-state index < -0.39 is 0 Å². The van der Waals surface area contributed by atoms with E-state index in [4.69, 9.17) is 0 Å². The predicted molar refractivity (Wildman–Crippen MR) is 71.9 cm³/mol. The number of nitrogens with zero attached hydrogens (tertiary/aromatic N) is 2. The molecule has 0 bridgehead atoms. The van der Waals surface area contributed by atoms with Gasteiger partial charge in [0.2, 0.25) is 0 Å². The van der Waals surface area contributed by atoms with Crippen molar-refractivity contribution in [2.75, 3.05) is 19.6 Å². The molecule has 1 aromatic heterocycles. The quantitative estimate of drug-likeness (QED) is 0.691. The van der Waals surface area contributed by atoms with Gasteiger partial charge in [0.25, 0.3) is 0 Å². The van der Waals surface area contributed by atoms with Crippen LogP contribution in [-0.2, 0) is 6.54 Å². The zero-order valence-electron chi connectivity index (χ0n) is 11.4. The fourth-order valence-electron chi connectivity index (χ4n) is 1.93. The van der Waals surface area contributed by atoms with Crippen molar-refractivity contribution >= 4 is 0 Å². The number of hydrogen-bond donors (Lipinski definition) is 2. The second kappa shape index (κ2) is 8.25. The molecule has 2 N–H and O–H groups in total. The standard InChI is InChI=1S/C13H26N4/c1-4-17(5-2)8-6-7-12(3)15-10-13-9-14-11-16-13/h9,11-12,15H,4-8,10H2,1-3H3,(H,14,16). The number of aromatic nitrogens is 2. The molecule has 4 nitrogen and oxygen atoms in total. The van der Waals surface area contributed by atoms with Crippen LogP contribution < -0.4 is 5.32 Å². The smallest absolute Gasteiger partial charge is 0.0922 e. The van der Waals surface area contributed by atoms with Gasteiger partial charge in [-0.1, -0.05) is 13.8 Å². The minimum atomic E-state index is 0.564. The van der Waals surface area contributed by atoms with Gasteiger partial charge in [0.15, 0.2) is 0 Å². The number of nitrogens with one attached hydrogen (secondary N) is 2. The maximum absolute atomic E-state index is 4.01. The molecule has 0 aliphatic heterocycles. The van der Waals surface area contributed by atoms with Crippen molar-refractivity contribution in [2.24, 2.45) is 0 Å². The molecule has 0 radical (unpaired) electrons. The summed E-state index contributed by atoms with van der Waals surface area (Å²) in [6.07, 6.45) is 6.08. The van der Waals surface area contributed by atoms with Crippen molar-refractivity contribution in [1.82, 2.24) is 20.2 Å². The zero-order valence-corrected chi connectivity index (χ0v) is 11.4. The van der Waals surface area contributed by atoms with Crippen LogP contribution in [0.1, 0.15) is 39.3 Å². The Kier molecular flexibility index (Phi) is 6.89.